The van der Waals surface area contributed by atoms with E-state index < -0.39 is 0 Å². The van der Waals surface area contributed by atoms with Gasteiger partial charge in [0, 0.05) is 45.9 Å². The van der Waals surface area contributed by atoms with Crippen molar-refractivity contribution in [3.8, 4) is 0 Å². The Balaban J connectivity index is 0.810. The highest BCUT2D eigenvalue weighted by Gasteiger charge is 2.62. The molecule has 0 radical (unpaired) electrons. The predicted octanol–water partition coefficient (Wildman–Crippen LogP) is 18.5. The third kappa shape index (κ3) is 10.4. The van der Waals surface area contributed by atoms with Gasteiger partial charge in [0.2, 0.25) is 0 Å². The molecule has 4 heteroatoms. The van der Waals surface area contributed by atoms with Crippen LogP contribution in [0.1, 0.15) is 270 Å². The number of hydrogen-bond acceptors (Lipinski definition) is 2. The third-order valence-corrected chi connectivity index (χ3v) is 27.7. The number of hydrogen-bond donors (Lipinski definition) is 0. The lowest BCUT2D eigenvalue weighted by molar-refractivity contribution is -0.146. The summed E-state index contributed by atoms with van der Waals surface area (Å²) in [4.78, 5) is 8.45. The molecule has 2 nitrogen and oxygen atoms in total. The van der Waals surface area contributed by atoms with Crippen molar-refractivity contribution in [2.24, 2.45) is 82.9 Å². The molecule has 0 aromatic heterocycles. The van der Waals surface area contributed by atoms with E-state index in [4.69, 9.17) is 31.9 Å². The minimum atomic E-state index is 0.739. The van der Waals surface area contributed by atoms with Gasteiger partial charge in [-0.3, -0.25) is 9.80 Å². The lowest BCUT2D eigenvalue weighted by Crippen LogP contribution is -2.67. The van der Waals surface area contributed by atoms with Gasteiger partial charge in [0.15, 0.2) is 0 Å². The molecule has 0 aromatic carbocycles. The maximum atomic E-state index is 4.71. The van der Waals surface area contributed by atoms with Crippen LogP contribution in [0.2, 0.25) is 0 Å². The molecule has 68 heavy (non-hydrogen) atoms. The van der Waals surface area contributed by atoms with Crippen molar-refractivity contribution in [2.75, 3.05) is 0 Å². The van der Waals surface area contributed by atoms with Gasteiger partial charge in [-0.15, -0.1) is 0 Å². The molecule has 12 aliphatic carbocycles. The van der Waals surface area contributed by atoms with Crippen molar-refractivity contribution in [3.05, 3.63) is 0 Å². The summed E-state index contributed by atoms with van der Waals surface area (Å²) in [6.07, 6.45) is 64.7. The maximum absolute atomic E-state index is 4.71. The summed E-state index contributed by atoms with van der Waals surface area (Å²) in [5, 5.41) is 0. The Morgan fingerprint density at radius 1 is 0.221 bits per heavy atom. The SMILES string of the molecule is BrC1CC(N(C2CCC(C3CCCCC3)CC2)C2CCC(C3CCCCC3)CC2)C2CCC3C(Br)CC(N(C4CCC(C5CCCCC5)CC4)C4CCC(C5CCCCC5)CC4)C4CCC1C2C34. The van der Waals surface area contributed by atoms with E-state index in [2.05, 4.69) is 9.80 Å². The molecule has 0 N–H and O–H groups in total. The first-order valence-corrected chi connectivity index (χ1v) is 34.2. The molecular weight excluding hydrogens is 957 g/mol. The zero-order valence-corrected chi connectivity index (χ0v) is 47.2. The number of halogens is 2. The summed E-state index contributed by atoms with van der Waals surface area (Å²) < 4.78 is 0. The fraction of sp³-hybridized carbons (Fsp3) is 1.00. The van der Waals surface area contributed by atoms with Crippen molar-refractivity contribution >= 4 is 31.9 Å². The van der Waals surface area contributed by atoms with Crippen molar-refractivity contribution in [2.45, 2.75) is 316 Å². The van der Waals surface area contributed by atoms with Gasteiger partial charge in [-0.05, 0) is 224 Å². The van der Waals surface area contributed by atoms with Crippen LogP contribution in [0.4, 0.5) is 0 Å². The molecule has 0 saturated heterocycles. The number of alkyl halides is 2. The minimum absolute atomic E-state index is 0.739. The smallest absolute Gasteiger partial charge is 0.0191 e. The zero-order valence-electron chi connectivity index (χ0n) is 44.1. The van der Waals surface area contributed by atoms with E-state index in [-0.39, 0.29) is 0 Å². The Labute approximate surface area is 437 Å². The van der Waals surface area contributed by atoms with E-state index in [1.54, 1.807) is 116 Å². The lowest BCUT2D eigenvalue weighted by Gasteiger charge is -2.66. The van der Waals surface area contributed by atoms with Gasteiger partial charge < -0.3 is 0 Å². The van der Waals surface area contributed by atoms with E-state index in [1.807, 2.05) is 0 Å². The molecule has 10 atom stereocenters. The van der Waals surface area contributed by atoms with Crippen LogP contribution in [0.3, 0.4) is 0 Å². The highest BCUT2D eigenvalue weighted by molar-refractivity contribution is 9.09. The monoisotopic (exact) mass is 1060 g/mol. The summed E-state index contributed by atoms with van der Waals surface area (Å²) in [6, 6.07) is 5.16. The summed E-state index contributed by atoms with van der Waals surface area (Å²) in [7, 11) is 0. The highest BCUT2D eigenvalue weighted by atomic mass is 79.9. The molecule has 12 rings (SSSR count). The van der Waals surface area contributed by atoms with E-state index in [9.17, 15) is 0 Å². The van der Waals surface area contributed by atoms with E-state index in [0.717, 1.165) is 129 Å². The fourth-order valence-electron chi connectivity index (χ4n) is 22.5. The largest absolute Gasteiger partial charge is 0.294 e. The highest BCUT2D eigenvalue weighted by Crippen LogP contribution is 2.64. The molecule has 386 valence electrons. The van der Waals surface area contributed by atoms with Crippen LogP contribution in [-0.4, -0.2) is 55.7 Å². The normalized spacial score (nSPS) is 47.5. The van der Waals surface area contributed by atoms with Crippen LogP contribution in [0.25, 0.3) is 0 Å². The van der Waals surface area contributed by atoms with E-state index in [1.165, 1.54) is 154 Å². The van der Waals surface area contributed by atoms with Crippen LogP contribution < -0.4 is 0 Å². The topological polar surface area (TPSA) is 6.48 Å². The Bertz CT molecular complexity index is 1340. The predicted molar refractivity (Wildman–Crippen MR) is 295 cm³/mol. The van der Waals surface area contributed by atoms with Crippen molar-refractivity contribution < 1.29 is 0 Å². The first-order valence-electron chi connectivity index (χ1n) is 32.4. The van der Waals surface area contributed by atoms with Crippen LogP contribution in [0.15, 0.2) is 0 Å². The van der Waals surface area contributed by atoms with Crippen molar-refractivity contribution in [1.82, 2.24) is 9.80 Å². The Morgan fingerprint density at radius 3 is 0.691 bits per heavy atom. The molecule has 0 aliphatic heterocycles. The van der Waals surface area contributed by atoms with Crippen LogP contribution in [-0.2, 0) is 0 Å². The first kappa shape index (κ1) is 49.7. The van der Waals surface area contributed by atoms with Gasteiger partial charge in [0.1, 0.15) is 0 Å². The quantitative estimate of drug-likeness (QED) is 0.201. The Kier molecular flexibility index (Phi) is 16.8. The number of nitrogens with zero attached hydrogens (tertiary/aromatic N) is 2. The summed E-state index contributed by atoms with van der Waals surface area (Å²) >= 11 is 9.42. The third-order valence-electron chi connectivity index (χ3n) is 25.6. The average molecular weight is 1060 g/mol. The van der Waals surface area contributed by atoms with Gasteiger partial charge in [-0.1, -0.05) is 160 Å². The average Bonchev–Trinajstić information content (AvgIpc) is 3.41. The molecule has 12 saturated carbocycles. The molecule has 0 spiro atoms. The second-order valence-corrected chi connectivity index (χ2v) is 30.7. The molecule has 0 heterocycles. The van der Waals surface area contributed by atoms with Gasteiger partial charge in [0.05, 0.1) is 0 Å². The molecule has 0 bridgehead atoms. The number of rotatable bonds is 10. The summed E-state index contributed by atoms with van der Waals surface area (Å²) in [5.74, 6) is 14.1. The molecular formula is C64H106Br2N2. The Morgan fingerprint density at radius 2 is 0.441 bits per heavy atom. The van der Waals surface area contributed by atoms with Gasteiger partial charge >= 0.3 is 0 Å². The summed E-state index contributed by atoms with van der Waals surface area (Å²) in [6.45, 7) is 0. The molecule has 12 aliphatic rings. The first-order chi connectivity index (χ1) is 33.6. The van der Waals surface area contributed by atoms with Crippen molar-refractivity contribution in [3.63, 3.8) is 0 Å². The van der Waals surface area contributed by atoms with E-state index >= 15 is 0 Å². The zero-order chi connectivity index (χ0) is 45.6. The van der Waals surface area contributed by atoms with Crippen molar-refractivity contribution in [1.29, 1.82) is 0 Å². The standard InChI is InChI=1S/C64H106Br2N2/c65-59-41-61(67(51-29-21-47(22-30-51)43-13-5-1-6-14-43)52-31-23-48(24-32-52)44-15-7-2-8-16-44)57-39-37-56-60(66)42-62(58-40-38-55(59)63(57)64(56)58)68(53-33-25-49(26-34-53)45-17-9-3-10-18-45)54-35-27-50(28-36-54)46-19-11-4-12-20-46/h43-64H,1-42H2. The summed E-state index contributed by atoms with van der Waals surface area (Å²) in [5.41, 5.74) is 0. The van der Waals surface area contributed by atoms with E-state index in [0.29, 0.717) is 0 Å². The van der Waals surface area contributed by atoms with Crippen LogP contribution in [0.5, 0.6) is 0 Å². The van der Waals surface area contributed by atoms with Gasteiger partial charge in [-0.25, -0.2) is 0 Å². The molecule has 0 amide bonds. The second-order valence-electron chi connectivity index (χ2n) is 28.4. The minimum Gasteiger partial charge on any atom is -0.294 e. The molecule has 0 aromatic rings. The molecule has 10 unspecified atom stereocenters. The van der Waals surface area contributed by atoms with Gasteiger partial charge in [-0.2, -0.15) is 0 Å². The molecule has 12 fully saturated rings. The second kappa shape index (κ2) is 23.0. The van der Waals surface area contributed by atoms with Gasteiger partial charge in [0.25, 0.3) is 0 Å². The lowest BCUT2D eigenvalue weighted by atomic mass is 9.46. The van der Waals surface area contributed by atoms with Crippen LogP contribution in [0, 0.1) is 82.9 Å². The fourth-order valence-corrected chi connectivity index (χ4v) is 24.5. The Hall–Kier alpha value is 0.880. The maximum Gasteiger partial charge on any atom is 0.0191 e. The van der Waals surface area contributed by atoms with Crippen LogP contribution >= 0.6 is 31.9 Å².